The fraction of sp³-hybridized carbons (Fsp3) is 0.391. The average Bonchev–Trinajstić information content (AvgIpc) is 2.79. The number of halogens is 2. The fourth-order valence-electron chi connectivity index (χ4n) is 3.41. The zero-order chi connectivity index (χ0) is 25.5. The van der Waals surface area contributed by atoms with Crippen LogP contribution in [0.4, 0.5) is 5.69 Å². The van der Waals surface area contributed by atoms with Crippen LogP contribution in [0.5, 0.6) is 5.75 Å². The molecule has 34 heavy (non-hydrogen) atoms. The van der Waals surface area contributed by atoms with Gasteiger partial charge >= 0.3 is 0 Å². The quantitative estimate of drug-likeness (QED) is 0.478. The summed E-state index contributed by atoms with van der Waals surface area (Å²) in [5, 5.41) is 3.42. The van der Waals surface area contributed by atoms with E-state index in [4.69, 9.17) is 27.9 Å². The number of anilines is 1. The summed E-state index contributed by atoms with van der Waals surface area (Å²) >= 11 is 12.1. The third-order valence-electron chi connectivity index (χ3n) is 5.11. The molecule has 2 amide bonds. The molecule has 2 aromatic carbocycles. The normalized spacial score (nSPS) is 12.1. The molecule has 1 atom stereocenters. The Morgan fingerprint density at radius 3 is 2.21 bits per heavy atom. The van der Waals surface area contributed by atoms with Crippen LogP contribution < -0.4 is 14.4 Å². The summed E-state index contributed by atoms with van der Waals surface area (Å²) in [5.41, 5.74) is 0.957. The maximum atomic E-state index is 13.5. The van der Waals surface area contributed by atoms with Gasteiger partial charge in [-0.05, 0) is 55.3 Å². The first-order chi connectivity index (χ1) is 16.0. The molecular formula is C23H29Cl2N3O5S. The average molecular weight is 530 g/mol. The molecule has 0 spiro atoms. The number of rotatable bonds is 11. The van der Waals surface area contributed by atoms with Crippen molar-refractivity contribution in [2.24, 2.45) is 0 Å². The third kappa shape index (κ3) is 7.25. The zero-order valence-corrected chi connectivity index (χ0v) is 21.9. The number of ether oxygens (including phenoxy) is 1. The molecule has 0 aliphatic heterocycles. The van der Waals surface area contributed by atoms with Gasteiger partial charge in [0.15, 0.2) is 0 Å². The van der Waals surface area contributed by atoms with Crippen LogP contribution in [0.2, 0.25) is 10.0 Å². The van der Waals surface area contributed by atoms with Crippen molar-refractivity contribution < 1.29 is 22.7 Å². The maximum absolute atomic E-state index is 13.5. The Bertz CT molecular complexity index is 1110. The van der Waals surface area contributed by atoms with E-state index in [1.807, 2.05) is 0 Å². The van der Waals surface area contributed by atoms with Crippen LogP contribution in [0, 0.1) is 0 Å². The molecule has 0 aromatic heterocycles. The van der Waals surface area contributed by atoms with Crippen molar-refractivity contribution in [1.82, 2.24) is 10.2 Å². The molecule has 8 nitrogen and oxygen atoms in total. The first-order valence-electron chi connectivity index (χ1n) is 10.6. The molecule has 0 saturated carbocycles. The fourth-order valence-corrected chi connectivity index (χ4v) is 4.58. The van der Waals surface area contributed by atoms with E-state index in [0.717, 1.165) is 10.6 Å². The van der Waals surface area contributed by atoms with Crippen molar-refractivity contribution in [3.8, 4) is 5.75 Å². The van der Waals surface area contributed by atoms with Gasteiger partial charge in [-0.25, -0.2) is 8.42 Å². The second kappa shape index (κ2) is 12.3. The van der Waals surface area contributed by atoms with Crippen LogP contribution in [-0.4, -0.2) is 57.6 Å². The topological polar surface area (TPSA) is 96.0 Å². The van der Waals surface area contributed by atoms with Gasteiger partial charge in [0, 0.05) is 13.1 Å². The van der Waals surface area contributed by atoms with Crippen LogP contribution in [0.25, 0.3) is 0 Å². The lowest BCUT2D eigenvalue weighted by atomic mass is 10.1. The Morgan fingerprint density at radius 2 is 1.71 bits per heavy atom. The minimum absolute atomic E-state index is 0.0472. The highest BCUT2D eigenvalue weighted by Gasteiger charge is 2.31. The summed E-state index contributed by atoms with van der Waals surface area (Å²) in [4.78, 5) is 27.6. The molecule has 0 aliphatic carbocycles. The van der Waals surface area contributed by atoms with Crippen molar-refractivity contribution >= 4 is 50.7 Å². The van der Waals surface area contributed by atoms with Crippen LogP contribution in [0.3, 0.4) is 0 Å². The number of hydrogen-bond acceptors (Lipinski definition) is 5. The molecule has 2 rings (SSSR count). The van der Waals surface area contributed by atoms with Gasteiger partial charge in [0.05, 0.1) is 29.1 Å². The predicted molar refractivity (Wildman–Crippen MR) is 135 cm³/mol. The molecule has 0 bridgehead atoms. The highest BCUT2D eigenvalue weighted by Crippen LogP contribution is 2.25. The smallest absolute Gasteiger partial charge is 0.244 e. The summed E-state index contributed by atoms with van der Waals surface area (Å²) < 4.78 is 31.3. The summed E-state index contributed by atoms with van der Waals surface area (Å²) in [5.74, 6) is -0.314. The Morgan fingerprint density at radius 1 is 1.06 bits per heavy atom. The SMILES string of the molecule is CCNC(=O)C(CC)N(Cc1ccc(Cl)c(Cl)c1)C(=O)CN(c1ccc(OC)cc1)S(C)(=O)=O. The Kier molecular flexibility index (Phi) is 10.0. The van der Waals surface area contributed by atoms with Gasteiger partial charge in [0.2, 0.25) is 21.8 Å². The highest BCUT2D eigenvalue weighted by molar-refractivity contribution is 7.92. The molecule has 0 saturated heterocycles. The second-order valence-electron chi connectivity index (χ2n) is 7.56. The van der Waals surface area contributed by atoms with Gasteiger partial charge in [-0.1, -0.05) is 36.2 Å². The van der Waals surface area contributed by atoms with Crippen molar-refractivity contribution in [2.75, 3.05) is 30.8 Å². The molecule has 186 valence electrons. The van der Waals surface area contributed by atoms with E-state index in [1.165, 1.54) is 12.0 Å². The summed E-state index contributed by atoms with van der Waals surface area (Å²) in [6.45, 7) is 3.52. The lowest BCUT2D eigenvalue weighted by Crippen LogP contribution is -2.52. The summed E-state index contributed by atoms with van der Waals surface area (Å²) in [6.07, 6.45) is 1.36. The van der Waals surface area contributed by atoms with Gasteiger partial charge in [0.1, 0.15) is 18.3 Å². The summed E-state index contributed by atoms with van der Waals surface area (Å²) in [7, 11) is -2.31. The molecule has 1 N–H and O–H groups in total. The van der Waals surface area contributed by atoms with E-state index in [-0.39, 0.29) is 12.5 Å². The Hall–Kier alpha value is -2.49. The van der Waals surface area contributed by atoms with Crippen LogP contribution in [-0.2, 0) is 26.2 Å². The van der Waals surface area contributed by atoms with Gasteiger partial charge in [0.25, 0.3) is 0 Å². The number of carbonyl (C=O) groups excluding carboxylic acids is 2. The molecule has 1 unspecified atom stereocenters. The minimum atomic E-state index is -3.81. The van der Waals surface area contributed by atoms with Crippen molar-refractivity contribution in [3.05, 3.63) is 58.1 Å². The lowest BCUT2D eigenvalue weighted by Gasteiger charge is -2.32. The number of amides is 2. The number of benzene rings is 2. The number of sulfonamides is 1. The maximum Gasteiger partial charge on any atom is 0.244 e. The number of hydrogen-bond donors (Lipinski definition) is 1. The Balaban J connectivity index is 2.44. The number of carbonyl (C=O) groups is 2. The number of likely N-dealkylation sites (N-methyl/N-ethyl adjacent to an activating group) is 1. The first kappa shape index (κ1) is 27.8. The largest absolute Gasteiger partial charge is 0.497 e. The van der Waals surface area contributed by atoms with E-state index in [0.29, 0.717) is 40.0 Å². The number of nitrogens with one attached hydrogen (secondary N) is 1. The van der Waals surface area contributed by atoms with Crippen LogP contribution in [0.15, 0.2) is 42.5 Å². The molecule has 11 heteroatoms. The number of methoxy groups -OCH3 is 1. The standard InChI is InChI=1S/C23H29Cl2N3O5S/c1-5-21(23(30)26-6-2)27(14-16-7-12-19(24)20(25)13-16)22(29)15-28(34(4,31)32)17-8-10-18(33-3)11-9-17/h7-13,21H,5-6,14-15H2,1-4H3,(H,26,30). The van der Waals surface area contributed by atoms with Crippen molar-refractivity contribution in [1.29, 1.82) is 0 Å². The summed E-state index contributed by atoms with van der Waals surface area (Å²) in [6, 6.07) is 10.4. The molecule has 0 radical (unpaired) electrons. The van der Waals surface area contributed by atoms with Crippen LogP contribution >= 0.6 is 23.2 Å². The second-order valence-corrected chi connectivity index (χ2v) is 10.3. The van der Waals surface area contributed by atoms with E-state index >= 15 is 0 Å². The van der Waals surface area contributed by atoms with E-state index in [2.05, 4.69) is 5.32 Å². The van der Waals surface area contributed by atoms with E-state index < -0.39 is 28.5 Å². The predicted octanol–water partition coefficient (Wildman–Crippen LogP) is 3.71. The van der Waals surface area contributed by atoms with Gasteiger partial charge < -0.3 is 15.0 Å². The van der Waals surface area contributed by atoms with Gasteiger partial charge in [-0.15, -0.1) is 0 Å². The molecular weight excluding hydrogens is 501 g/mol. The first-order valence-corrected chi connectivity index (χ1v) is 13.2. The molecule has 2 aromatic rings. The van der Waals surface area contributed by atoms with Crippen LogP contribution in [0.1, 0.15) is 25.8 Å². The zero-order valence-electron chi connectivity index (χ0n) is 19.5. The minimum Gasteiger partial charge on any atom is -0.497 e. The van der Waals surface area contributed by atoms with Gasteiger partial charge in [-0.3, -0.25) is 13.9 Å². The monoisotopic (exact) mass is 529 g/mol. The molecule has 0 heterocycles. The molecule has 0 aliphatic rings. The van der Waals surface area contributed by atoms with Gasteiger partial charge in [-0.2, -0.15) is 0 Å². The Labute approximate surface area is 210 Å². The third-order valence-corrected chi connectivity index (χ3v) is 6.99. The van der Waals surface area contributed by atoms with Crippen molar-refractivity contribution in [2.45, 2.75) is 32.9 Å². The lowest BCUT2D eigenvalue weighted by molar-refractivity contribution is -0.140. The van der Waals surface area contributed by atoms with E-state index in [1.54, 1.807) is 56.3 Å². The van der Waals surface area contributed by atoms with Crippen molar-refractivity contribution in [3.63, 3.8) is 0 Å². The highest BCUT2D eigenvalue weighted by atomic mass is 35.5. The number of nitrogens with zero attached hydrogens (tertiary/aromatic N) is 2. The van der Waals surface area contributed by atoms with E-state index in [9.17, 15) is 18.0 Å². The molecule has 0 fully saturated rings.